The van der Waals surface area contributed by atoms with Crippen molar-refractivity contribution in [2.45, 2.75) is 38.0 Å². The zero-order valence-electron chi connectivity index (χ0n) is 8.50. The Hall–Kier alpha value is -0.470. The van der Waals surface area contributed by atoms with E-state index in [1.165, 1.54) is 23.1 Å². The van der Waals surface area contributed by atoms with Gasteiger partial charge in [0.05, 0.1) is 0 Å². The number of hydrogen-bond donors (Lipinski definition) is 1. The van der Waals surface area contributed by atoms with Gasteiger partial charge in [-0.05, 0) is 47.5 Å². The maximum atomic E-state index is 5.53. The monoisotopic (exact) mass is 195 g/mol. The van der Waals surface area contributed by atoms with Gasteiger partial charge in [0.25, 0.3) is 0 Å². The molecule has 0 spiro atoms. The fourth-order valence-corrected chi connectivity index (χ4v) is 1.85. The van der Waals surface area contributed by atoms with Crippen LogP contribution in [0, 0.1) is 0 Å². The van der Waals surface area contributed by atoms with Crippen LogP contribution in [0.25, 0.3) is 0 Å². The predicted molar refractivity (Wildman–Crippen MR) is 60.0 cm³/mol. The van der Waals surface area contributed by atoms with E-state index in [1.807, 2.05) is 0 Å². The summed E-state index contributed by atoms with van der Waals surface area (Å²) in [6.45, 7) is 6.63. The van der Waals surface area contributed by atoms with Gasteiger partial charge in [-0.1, -0.05) is 26.8 Å². The van der Waals surface area contributed by atoms with E-state index in [2.05, 4.69) is 39.0 Å². The molecule has 1 aromatic rings. The van der Waals surface area contributed by atoms with Crippen LogP contribution in [0.2, 0.25) is 0 Å². The van der Waals surface area contributed by atoms with Gasteiger partial charge in [0.1, 0.15) is 0 Å². The van der Waals surface area contributed by atoms with Crippen molar-refractivity contribution in [3.8, 4) is 0 Å². The average molecular weight is 195 g/mol. The SMILES string of the molecule is CCc1ccc(SN)cc1C(C)C. The van der Waals surface area contributed by atoms with Crippen molar-refractivity contribution in [1.82, 2.24) is 0 Å². The van der Waals surface area contributed by atoms with E-state index in [9.17, 15) is 0 Å². The summed E-state index contributed by atoms with van der Waals surface area (Å²) < 4.78 is 0. The van der Waals surface area contributed by atoms with Gasteiger partial charge in [0.15, 0.2) is 0 Å². The fourth-order valence-electron chi connectivity index (χ4n) is 1.51. The van der Waals surface area contributed by atoms with Gasteiger partial charge in [-0.25, -0.2) is 0 Å². The molecule has 0 saturated carbocycles. The molecule has 0 heterocycles. The molecule has 72 valence electrons. The van der Waals surface area contributed by atoms with Crippen molar-refractivity contribution in [2.75, 3.05) is 0 Å². The first-order valence-electron chi connectivity index (χ1n) is 4.68. The highest BCUT2D eigenvalue weighted by Gasteiger charge is 2.05. The number of nitrogens with two attached hydrogens (primary N) is 1. The van der Waals surface area contributed by atoms with E-state index in [-0.39, 0.29) is 0 Å². The van der Waals surface area contributed by atoms with Crippen LogP contribution in [0.1, 0.15) is 37.8 Å². The van der Waals surface area contributed by atoms with Crippen LogP contribution in [-0.4, -0.2) is 0 Å². The Kier molecular flexibility index (Phi) is 3.82. The highest BCUT2D eigenvalue weighted by Crippen LogP contribution is 2.24. The molecule has 0 unspecified atom stereocenters. The van der Waals surface area contributed by atoms with Crippen LogP contribution in [0.15, 0.2) is 23.1 Å². The van der Waals surface area contributed by atoms with Gasteiger partial charge in [0.2, 0.25) is 0 Å². The highest BCUT2D eigenvalue weighted by atomic mass is 32.2. The molecule has 13 heavy (non-hydrogen) atoms. The van der Waals surface area contributed by atoms with Crippen LogP contribution in [0.5, 0.6) is 0 Å². The lowest BCUT2D eigenvalue weighted by atomic mass is 9.96. The molecule has 0 atom stereocenters. The minimum Gasteiger partial charge on any atom is -0.274 e. The third-order valence-corrected chi connectivity index (χ3v) is 2.78. The first-order chi connectivity index (χ1) is 6.19. The Labute approximate surface area is 84.9 Å². The second-order valence-electron chi connectivity index (χ2n) is 3.49. The number of aryl methyl sites for hydroxylation is 1. The van der Waals surface area contributed by atoms with Crippen LogP contribution in [0.3, 0.4) is 0 Å². The van der Waals surface area contributed by atoms with Crippen molar-refractivity contribution >= 4 is 11.9 Å². The predicted octanol–water partition coefficient (Wildman–Crippen LogP) is 3.34. The maximum absolute atomic E-state index is 5.53. The fraction of sp³-hybridized carbons (Fsp3) is 0.455. The second kappa shape index (κ2) is 4.68. The third-order valence-electron chi connectivity index (χ3n) is 2.26. The molecule has 0 aromatic heterocycles. The summed E-state index contributed by atoms with van der Waals surface area (Å²) >= 11 is 1.32. The molecule has 0 bridgehead atoms. The summed E-state index contributed by atoms with van der Waals surface area (Å²) in [5, 5.41) is 5.53. The smallest absolute Gasteiger partial charge is 0.0228 e. The van der Waals surface area contributed by atoms with Gasteiger partial charge in [0, 0.05) is 4.90 Å². The van der Waals surface area contributed by atoms with Crippen molar-refractivity contribution in [3.63, 3.8) is 0 Å². The minimum absolute atomic E-state index is 0.585. The molecule has 1 aromatic carbocycles. The van der Waals surface area contributed by atoms with Crippen LogP contribution in [-0.2, 0) is 6.42 Å². The molecule has 1 nitrogen and oxygen atoms in total. The van der Waals surface area contributed by atoms with E-state index in [4.69, 9.17) is 5.14 Å². The first-order valence-corrected chi connectivity index (χ1v) is 5.56. The zero-order chi connectivity index (χ0) is 9.84. The summed E-state index contributed by atoms with van der Waals surface area (Å²) in [5.41, 5.74) is 2.87. The van der Waals surface area contributed by atoms with E-state index in [0.29, 0.717) is 5.92 Å². The molecule has 1 rings (SSSR count). The quantitative estimate of drug-likeness (QED) is 0.749. The number of rotatable bonds is 3. The summed E-state index contributed by atoms with van der Waals surface area (Å²) in [6.07, 6.45) is 1.10. The summed E-state index contributed by atoms with van der Waals surface area (Å²) in [5.74, 6) is 0.585. The molecule has 0 saturated heterocycles. The Balaban J connectivity index is 3.10. The second-order valence-corrected chi connectivity index (χ2v) is 4.19. The standard InChI is InChI=1S/C11H17NS/c1-4-9-5-6-10(13-12)7-11(9)8(2)3/h5-8H,4,12H2,1-3H3. The highest BCUT2D eigenvalue weighted by molar-refractivity contribution is 7.97. The maximum Gasteiger partial charge on any atom is 0.0228 e. The lowest BCUT2D eigenvalue weighted by Crippen LogP contribution is -1.95. The van der Waals surface area contributed by atoms with E-state index >= 15 is 0 Å². The molecule has 0 aliphatic heterocycles. The van der Waals surface area contributed by atoms with Crippen LogP contribution >= 0.6 is 11.9 Å². The molecular weight excluding hydrogens is 178 g/mol. The van der Waals surface area contributed by atoms with Gasteiger partial charge in [-0.2, -0.15) is 0 Å². The lowest BCUT2D eigenvalue weighted by molar-refractivity contribution is 0.839. The molecule has 0 amide bonds. The summed E-state index contributed by atoms with van der Waals surface area (Å²) in [4.78, 5) is 1.15. The molecule has 0 fully saturated rings. The van der Waals surface area contributed by atoms with E-state index in [1.54, 1.807) is 0 Å². The van der Waals surface area contributed by atoms with Crippen molar-refractivity contribution < 1.29 is 0 Å². The Morgan fingerprint density at radius 1 is 1.38 bits per heavy atom. The Bertz CT molecular complexity index is 281. The van der Waals surface area contributed by atoms with Crippen molar-refractivity contribution in [2.24, 2.45) is 5.14 Å². The lowest BCUT2D eigenvalue weighted by Gasteiger charge is -2.12. The topological polar surface area (TPSA) is 26.0 Å². The first kappa shape index (κ1) is 10.6. The number of benzene rings is 1. The van der Waals surface area contributed by atoms with Crippen molar-refractivity contribution in [3.05, 3.63) is 29.3 Å². The van der Waals surface area contributed by atoms with E-state index < -0.39 is 0 Å². The third kappa shape index (κ3) is 2.48. The Morgan fingerprint density at radius 2 is 2.08 bits per heavy atom. The molecular formula is C11H17NS. The largest absolute Gasteiger partial charge is 0.274 e. The van der Waals surface area contributed by atoms with Gasteiger partial charge < -0.3 is 0 Å². The van der Waals surface area contributed by atoms with Crippen LogP contribution < -0.4 is 5.14 Å². The normalized spacial score (nSPS) is 10.8. The molecule has 0 aliphatic rings. The molecule has 0 radical (unpaired) electrons. The number of hydrogen-bond acceptors (Lipinski definition) is 2. The van der Waals surface area contributed by atoms with Crippen molar-refractivity contribution in [1.29, 1.82) is 0 Å². The molecule has 2 N–H and O–H groups in total. The zero-order valence-corrected chi connectivity index (χ0v) is 9.32. The van der Waals surface area contributed by atoms with Crippen LogP contribution in [0.4, 0.5) is 0 Å². The Morgan fingerprint density at radius 3 is 2.54 bits per heavy atom. The molecule has 2 heteroatoms. The summed E-state index contributed by atoms with van der Waals surface area (Å²) in [7, 11) is 0. The van der Waals surface area contributed by atoms with Gasteiger partial charge in [-0.15, -0.1) is 0 Å². The van der Waals surface area contributed by atoms with E-state index in [0.717, 1.165) is 11.3 Å². The van der Waals surface area contributed by atoms with Gasteiger partial charge >= 0.3 is 0 Å². The minimum atomic E-state index is 0.585. The van der Waals surface area contributed by atoms with Gasteiger partial charge in [-0.3, -0.25) is 5.14 Å². The summed E-state index contributed by atoms with van der Waals surface area (Å²) in [6, 6.07) is 6.48. The average Bonchev–Trinajstić information content (AvgIpc) is 2.16. The molecule has 0 aliphatic carbocycles.